The quantitative estimate of drug-likeness (QED) is 0.256. The van der Waals surface area contributed by atoms with E-state index in [1.165, 1.54) is 16.4 Å². The van der Waals surface area contributed by atoms with Gasteiger partial charge in [-0.2, -0.15) is 5.10 Å². The molecule has 0 radical (unpaired) electrons. The summed E-state index contributed by atoms with van der Waals surface area (Å²) in [7, 11) is 1.62. The molecule has 0 fully saturated rings. The summed E-state index contributed by atoms with van der Waals surface area (Å²) in [6.07, 6.45) is 0. The fraction of sp³-hybridized carbons (Fsp3) is 0.100. The number of nitrogens with one attached hydrogen (secondary N) is 1. The largest absolute Gasteiger partial charge is 0.497 e. The Morgan fingerprint density at radius 3 is 2.60 bits per heavy atom. The topological polar surface area (TPSA) is 112 Å². The zero-order valence-electron chi connectivity index (χ0n) is 15.9. The molecule has 0 atom stereocenters. The number of nitrogens with zero attached hydrogens (tertiary/aromatic N) is 4. The highest BCUT2D eigenvalue weighted by Crippen LogP contribution is 2.26. The van der Waals surface area contributed by atoms with Gasteiger partial charge in [-0.25, -0.2) is 4.68 Å². The van der Waals surface area contributed by atoms with Crippen molar-refractivity contribution in [1.82, 2.24) is 25.1 Å². The van der Waals surface area contributed by atoms with Gasteiger partial charge in [-0.3, -0.25) is 9.89 Å². The van der Waals surface area contributed by atoms with Crippen LogP contribution in [-0.4, -0.2) is 43.7 Å². The van der Waals surface area contributed by atoms with E-state index in [-0.39, 0.29) is 11.5 Å². The molecule has 0 aliphatic heterocycles. The Morgan fingerprint density at radius 2 is 1.90 bits per heavy atom. The fourth-order valence-electron chi connectivity index (χ4n) is 2.75. The molecule has 0 bridgehead atoms. The van der Waals surface area contributed by atoms with Crippen LogP contribution >= 0.6 is 23.4 Å². The average molecular weight is 441 g/mol. The molecule has 2 aromatic carbocycles. The number of ether oxygens (including phenoxy) is 1. The molecule has 3 N–H and O–H groups in total. The van der Waals surface area contributed by atoms with Gasteiger partial charge < -0.3 is 10.6 Å². The second-order valence-electron chi connectivity index (χ2n) is 6.29. The minimum absolute atomic E-state index is 0.0513. The normalized spacial score (nSPS) is 10.9. The monoisotopic (exact) mass is 440 g/mol. The molecule has 0 saturated carbocycles. The van der Waals surface area contributed by atoms with Gasteiger partial charge >= 0.3 is 0 Å². The van der Waals surface area contributed by atoms with Gasteiger partial charge in [0.15, 0.2) is 5.78 Å². The minimum atomic E-state index is -0.0513. The maximum atomic E-state index is 12.3. The summed E-state index contributed by atoms with van der Waals surface area (Å²) in [5.41, 5.74) is 2.85. The van der Waals surface area contributed by atoms with Crippen LogP contribution in [0.25, 0.3) is 22.8 Å². The number of ketones is 1. The second kappa shape index (κ2) is 8.60. The molecule has 0 spiro atoms. The van der Waals surface area contributed by atoms with Crippen molar-refractivity contribution in [2.75, 3.05) is 18.7 Å². The van der Waals surface area contributed by atoms with E-state index >= 15 is 0 Å². The van der Waals surface area contributed by atoms with E-state index < -0.39 is 0 Å². The summed E-state index contributed by atoms with van der Waals surface area (Å²) < 4.78 is 6.51. The van der Waals surface area contributed by atoms with Crippen molar-refractivity contribution in [2.45, 2.75) is 5.16 Å². The predicted octanol–water partition coefficient (Wildman–Crippen LogP) is 3.69. The maximum Gasteiger partial charge on any atom is 0.210 e. The number of hydrogen-bond donors (Lipinski definition) is 2. The third-order valence-electron chi connectivity index (χ3n) is 4.37. The Morgan fingerprint density at radius 1 is 1.17 bits per heavy atom. The summed E-state index contributed by atoms with van der Waals surface area (Å²) in [5.74, 6) is 7.46. The molecule has 4 rings (SSSR count). The van der Waals surface area contributed by atoms with E-state index in [0.29, 0.717) is 27.3 Å². The van der Waals surface area contributed by atoms with E-state index in [4.69, 9.17) is 22.2 Å². The van der Waals surface area contributed by atoms with Crippen molar-refractivity contribution in [3.05, 3.63) is 65.2 Å². The van der Waals surface area contributed by atoms with Crippen LogP contribution < -0.4 is 10.6 Å². The van der Waals surface area contributed by atoms with E-state index in [2.05, 4.69) is 20.4 Å². The summed E-state index contributed by atoms with van der Waals surface area (Å²) in [4.78, 5) is 12.3. The minimum Gasteiger partial charge on any atom is -0.497 e. The second-order valence-corrected chi connectivity index (χ2v) is 7.67. The standard InChI is InChI=1S/C20H17ClN6O2S/c1-29-15-8-4-12(5-9-15)16-10-17(24-23-16)19-25-26-20(27(19)22)30-11-18(28)13-2-6-14(21)7-3-13/h2-10H,11,22H2,1H3,(H,23,24). The van der Waals surface area contributed by atoms with Crippen LogP contribution in [0.5, 0.6) is 5.75 Å². The Labute approximate surface area is 181 Å². The zero-order valence-corrected chi connectivity index (χ0v) is 17.4. The lowest BCUT2D eigenvalue weighted by Crippen LogP contribution is -2.13. The lowest BCUT2D eigenvalue weighted by Gasteiger charge is -2.03. The Kier molecular flexibility index (Phi) is 5.73. The number of Topliss-reactive ketones (excluding diaryl/α,β-unsaturated/α-hetero) is 1. The number of halogens is 1. The number of carbonyl (C=O) groups excluding carboxylic acids is 1. The Balaban J connectivity index is 1.47. The third kappa shape index (κ3) is 4.17. The van der Waals surface area contributed by atoms with Crippen LogP contribution in [0, 0.1) is 0 Å². The highest BCUT2D eigenvalue weighted by atomic mass is 35.5. The number of aromatic amines is 1. The first kappa shape index (κ1) is 20.0. The van der Waals surface area contributed by atoms with E-state index in [9.17, 15) is 4.79 Å². The molecule has 0 saturated heterocycles. The first-order valence-corrected chi connectivity index (χ1v) is 10.2. The molecule has 4 aromatic rings. The van der Waals surface area contributed by atoms with Crippen molar-refractivity contribution in [2.24, 2.45) is 0 Å². The molecule has 30 heavy (non-hydrogen) atoms. The predicted molar refractivity (Wildman–Crippen MR) is 116 cm³/mol. The van der Waals surface area contributed by atoms with Gasteiger partial charge in [0.1, 0.15) is 11.4 Å². The summed E-state index contributed by atoms with van der Waals surface area (Å²) >= 11 is 7.07. The molecule has 0 amide bonds. The SMILES string of the molecule is COc1ccc(-c2cc(-c3nnc(SCC(=O)c4ccc(Cl)cc4)n3N)[nH]n2)cc1. The molecular formula is C20H17ClN6O2S. The average Bonchev–Trinajstić information content (AvgIpc) is 3.39. The van der Waals surface area contributed by atoms with Crippen LogP contribution in [0.4, 0.5) is 0 Å². The van der Waals surface area contributed by atoms with E-state index in [0.717, 1.165) is 17.0 Å². The molecule has 0 aliphatic rings. The van der Waals surface area contributed by atoms with Gasteiger partial charge in [-0.1, -0.05) is 23.4 Å². The molecule has 0 aliphatic carbocycles. The van der Waals surface area contributed by atoms with E-state index in [1.807, 2.05) is 30.3 Å². The highest BCUT2D eigenvalue weighted by Gasteiger charge is 2.17. The number of H-pyrrole nitrogens is 1. The third-order valence-corrected chi connectivity index (χ3v) is 5.56. The van der Waals surface area contributed by atoms with Crippen LogP contribution in [0.15, 0.2) is 59.8 Å². The molecule has 8 nitrogen and oxygen atoms in total. The maximum absolute atomic E-state index is 12.3. The van der Waals surface area contributed by atoms with Gasteiger partial charge in [0.2, 0.25) is 11.0 Å². The summed E-state index contributed by atoms with van der Waals surface area (Å²) in [6, 6.07) is 16.1. The zero-order chi connectivity index (χ0) is 21.1. The summed E-state index contributed by atoms with van der Waals surface area (Å²) in [5, 5.41) is 16.5. The molecule has 2 heterocycles. The van der Waals surface area contributed by atoms with Gasteiger partial charge in [0, 0.05) is 16.1 Å². The van der Waals surface area contributed by atoms with Gasteiger partial charge in [-0.05, 0) is 54.6 Å². The van der Waals surface area contributed by atoms with Crippen LogP contribution in [0.2, 0.25) is 5.02 Å². The summed E-state index contributed by atoms with van der Waals surface area (Å²) in [6.45, 7) is 0. The number of nitrogen functional groups attached to an aromatic ring is 1. The fourth-order valence-corrected chi connectivity index (χ4v) is 3.63. The van der Waals surface area contributed by atoms with Crippen LogP contribution in [0.1, 0.15) is 10.4 Å². The molecule has 2 aromatic heterocycles. The number of hydrogen-bond acceptors (Lipinski definition) is 7. The molecular weight excluding hydrogens is 424 g/mol. The number of rotatable bonds is 7. The number of thioether (sulfide) groups is 1. The highest BCUT2D eigenvalue weighted by molar-refractivity contribution is 7.99. The molecule has 10 heteroatoms. The van der Waals surface area contributed by atoms with Crippen molar-refractivity contribution < 1.29 is 9.53 Å². The van der Waals surface area contributed by atoms with Gasteiger partial charge in [-0.15, -0.1) is 10.2 Å². The first-order chi connectivity index (χ1) is 14.5. The molecule has 0 unspecified atom stereocenters. The smallest absolute Gasteiger partial charge is 0.210 e. The van der Waals surface area contributed by atoms with Crippen LogP contribution in [0.3, 0.4) is 0 Å². The van der Waals surface area contributed by atoms with Gasteiger partial charge in [0.05, 0.1) is 18.6 Å². The number of benzene rings is 2. The lowest BCUT2D eigenvalue weighted by molar-refractivity contribution is 0.102. The number of carbonyl (C=O) groups is 1. The van der Waals surface area contributed by atoms with Crippen LogP contribution in [-0.2, 0) is 0 Å². The van der Waals surface area contributed by atoms with E-state index in [1.54, 1.807) is 31.4 Å². The number of methoxy groups -OCH3 is 1. The number of aromatic nitrogens is 5. The number of nitrogens with two attached hydrogens (primary N) is 1. The first-order valence-electron chi connectivity index (χ1n) is 8.87. The van der Waals surface area contributed by atoms with Crippen molar-refractivity contribution in [3.63, 3.8) is 0 Å². The van der Waals surface area contributed by atoms with Gasteiger partial charge in [0.25, 0.3) is 0 Å². The van der Waals surface area contributed by atoms with Crippen molar-refractivity contribution in [3.8, 4) is 28.5 Å². The van der Waals surface area contributed by atoms with Crippen molar-refractivity contribution in [1.29, 1.82) is 0 Å². The lowest BCUT2D eigenvalue weighted by atomic mass is 10.1. The molecule has 152 valence electrons. The van der Waals surface area contributed by atoms with Crippen molar-refractivity contribution >= 4 is 29.1 Å². The Hall–Kier alpha value is -3.30. The Bertz CT molecular complexity index is 1170.